The number of thiocarbonyl (C=S) groups is 1. The van der Waals surface area contributed by atoms with Crippen molar-refractivity contribution in [3.05, 3.63) is 29.6 Å². The topological polar surface area (TPSA) is 38.2 Å². The molecule has 0 fully saturated rings. The third-order valence-electron chi connectivity index (χ3n) is 3.27. The van der Waals surface area contributed by atoms with Crippen LogP contribution in [0.1, 0.15) is 25.2 Å². The third-order valence-corrected chi connectivity index (χ3v) is 3.62. The van der Waals surface area contributed by atoms with Crippen molar-refractivity contribution < 1.29 is 4.74 Å². The van der Waals surface area contributed by atoms with Crippen molar-refractivity contribution in [2.75, 3.05) is 13.1 Å². The fourth-order valence-electron chi connectivity index (χ4n) is 1.92. The van der Waals surface area contributed by atoms with E-state index in [-0.39, 0.29) is 0 Å². The van der Waals surface area contributed by atoms with Crippen LogP contribution in [0, 0.1) is 13.8 Å². The molecule has 0 atom stereocenters. The Morgan fingerprint density at radius 2 is 1.70 bits per heavy atom. The Kier molecular flexibility index (Phi) is 4.49. The molecule has 0 saturated carbocycles. The number of ether oxygens (including phenoxy) is 1. The minimum atomic E-state index is 0.492. The van der Waals surface area contributed by atoms with Crippen molar-refractivity contribution in [3.8, 4) is 5.75 Å². The van der Waals surface area contributed by atoms with Crippen LogP contribution in [0.3, 0.4) is 0 Å². The molecular weight excluding hydrogens is 270 g/mol. The van der Waals surface area contributed by atoms with Gasteiger partial charge in [0.05, 0.1) is 22.4 Å². The normalized spacial score (nSPS) is 10.6. The van der Waals surface area contributed by atoms with Crippen LogP contribution in [0.5, 0.6) is 5.75 Å². The van der Waals surface area contributed by atoms with Crippen LogP contribution < -0.4 is 4.74 Å². The summed E-state index contributed by atoms with van der Waals surface area (Å²) in [6.07, 6.45) is 0. The molecule has 0 saturated heterocycles. The van der Waals surface area contributed by atoms with Gasteiger partial charge in [-0.25, -0.2) is 9.97 Å². The van der Waals surface area contributed by atoms with Crippen molar-refractivity contribution in [2.45, 2.75) is 27.7 Å². The van der Waals surface area contributed by atoms with E-state index in [1.165, 1.54) is 0 Å². The van der Waals surface area contributed by atoms with Crippen molar-refractivity contribution in [1.29, 1.82) is 0 Å². The second-order valence-electron chi connectivity index (χ2n) is 4.59. The van der Waals surface area contributed by atoms with Crippen LogP contribution in [-0.2, 0) is 0 Å². The summed E-state index contributed by atoms with van der Waals surface area (Å²) >= 11 is 5.29. The summed E-state index contributed by atoms with van der Waals surface area (Å²) in [6, 6.07) is 5.67. The lowest BCUT2D eigenvalue weighted by molar-refractivity contribution is 0.379. The average molecular weight is 289 g/mol. The van der Waals surface area contributed by atoms with Gasteiger partial charge < -0.3 is 9.64 Å². The first kappa shape index (κ1) is 14.7. The van der Waals surface area contributed by atoms with E-state index in [1.54, 1.807) is 0 Å². The van der Waals surface area contributed by atoms with E-state index in [2.05, 4.69) is 23.8 Å². The molecule has 2 rings (SSSR count). The van der Waals surface area contributed by atoms with Gasteiger partial charge in [0.25, 0.3) is 5.17 Å². The van der Waals surface area contributed by atoms with E-state index in [4.69, 9.17) is 17.0 Å². The van der Waals surface area contributed by atoms with E-state index in [1.807, 2.05) is 36.9 Å². The molecule has 0 radical (unpaired) electrons. The number of benzene rings is 1. The van der Waals surface area contributed by atoms with E-state index in [9.17, 15) is 0 Å². The van der Waals surface area contributed by atoms with Gasteiger partial charge in [0.2, 0.25) is 0 Å². The summed E-state index contributed by atoms with van der Waals surface area (Å²) in [7, 11) is 0. The number of rotatable bonds is 3. The molecule has 0 spiro atoms. The highest BCUT2D eigenvalue weighted by molar-refractivity contribution is 7.80. The molecule has 0 amide bonds. The van der Waals surface area contributed by atoms with Crippen molar-refractivity contribution >= 4 is 28.4 Å². The number of fused-ring (bicyclic) bond motifs is 1. The lowest BCUT2D eigenvalue weighted by Crippen LogP contribution is -2.32. The molecule has 1 aromatic heterocycles. The molecule has 0 aliphatic rings. The highest BCUT2D eigenvalue weighted by Gasteiger charge is 2.09. The molecule has 0 N–H and O–H groups in total. The Labute approximate surface area is 124 Å². The summed E-state index contributed by atoms with van der Waals surface area (Å²) in [5, 5.41) is 0.492. The van der Waals surface area contributed by atoms with Gasteiger partial charge in [0.1, 0.15) is 5.75 Å². The monoisotopic (exact) mass is 289 g/mol. The standard InChI is InChI=1S/C15H19N3OS/c1-5-18(6-2)15(20)19-12-7-8-13-14(9-12)17-11(4)10(3)16-13/h7-9H,5-6H2,1-4H3. The first-order valence-electron chi connectivity index (χ1n) is 6.77. The number of hydrogen-bond acceptors (Lipinski definition) is 4. The van der Waals surface area contributed by atoms with Crippen LogP contribution in [0.4, 0.5) is 0 Å². The third kappa shape index (κ3) is 3.04. The highest BCUT2D eigenvalue weighted by atomic mass is 32.1. The molecule has 0 unspecified atom stereocenters. The zero-order valence-electron chi connectivity index (χ0n) is 12.3. The predicted molar refractivity (Wildman–Crippen MR) is 85.2 cm³/mol. The zero-order valence-corrected chi connectivity index (χ0v) is 13.1. The SMILES string of the molecule is CCN(CC)C(=S)Oc1ccc2nc(C)c(C)nc2c1. The van der Waals surface area contributed by atoms with Crippen molar-refractivity contribution in [1.82, 2.24) is 14.9 Å². The maximum absolute atomic E-state index is 5.73. The summed E-state index contributed by atoms with van der Waals surface area (Å²) < 4.78 is 5.73. The summed E-state index contributed by atoms with van der Waals surface area (Å²) in [4.78, 5) is 11.0. The van der Waals surface area contributed by atoms with Gasteiger partial charge in [0.15, 0.2) is 0 Å². The highest BCUT2D eigenvalue weighted by Crippen LogP contribution is 2.20. The van der Waals surface area contributed by atoms with Crippen LogP contribution in [0.25, 0.3) is 11.0 Å². The molecular formula is C15H19N3OS. The number of aryl methyl sites for hydroxylation is 2. The van der Waals surface area contributed by atoms with E-state index in [0.29, 0.717) is 10.9 Å². The molecule has 0 bridgehead atoms. The van der Waals surface area contributed by atoms with Gasteiger partial charge in [-0.3, -0.25) is 0 Å². The molecule has 1 heterocycles. The Balaban J connectivity index is 2.28. The van der Waals surface area contributed by atoms with Gasteiger partial charge in [0, 0.05) is 19.2 Å². The van der Waals surface area contributed by atoms with Crippen molar-refractivity contribution in [3.63, 3.8) is 0 Å². The maximum atomic E-state index is 5.73. The second kappa shape index (κ2) is 6.13. The Bertz CT molecular complexity index is 638. The number of aromatic nitrogens is 2. The first-order valence-corrected chi connectivity index (χ1v) is 7.17. The van der Waals surface area contributed by atoms with Crippen LogP contribution in [0.15, 0.2) is 18.2 Å². The quantitative estimate of drug-likeness (QED) is 0.811. The zero-order chi connectivity index (χ0) is 14.7. The lowest BCUT2D eigenvalue weighted by atomic mass is 10.2. The first-order chi connectivity index (χ1) is 9.55. The van der Waals surface area contributed by atoms with Gasteiger partial charge in [-0.2, -0.15) is 0 Å². The number of nitrogens with zero attached hydrogens (tertiary/aromatic N) is 3. The number of hydrogen-bond donors (Lipinski definition) is 0. The van der Waals surface area contributed by atoms with Gasteiger partial charge >= 0.3 is 0 Å². The van der Waals surface area contributed by atoms with Gasteiger partial charge in [-0.05, 0) is 52.0 Å². The Morgan fingerprint density at radius 1 is 1.10 bits per heavy atom. The second-order valence-corrected chi connectivity index (χ2v) is 4.93. The molecule has 0 aliphatic heterocycles. The molecule has 5 heteroatoms. The molecule has 2 aromatic rings. The predicted octanol–water partition coefficient (Wildman–Crippen LogP) is 3.25. The summed E-state index contributed by atoms with van der Waals surface area (Å²) in [5.74, 6) is 0.701. The van der Waals surface area contributed by atoms with Crippen LogP contribution in [-0.4, -0.2) is 33.1 Å². The fourth-order valence-corrected chi connectivity index (χ4v) is 2.28. The molecule has 4 nitrogen and oxygen atoms in total. The van der Waals surface area contributed by atoms with Crippen molar-refractivity contribution in [2.24, 2.45) is 0 Å². The summed E-state index contributed by atoms with van der Waals surface area (Å²) in [5.41, 5.74) is 3.58. The lowest BCUT2D eigenvalue weighted by Gasteiger charge is -2.21. The van der Waals surface area contributed by atoms with Gasteiger partial charge in [-0.15, -0.1) is 0 Å². The van der Waals surface area contributed by atoms with Crippen LogP contribution in [0.2, 0.25) is 0 Å². The fraction of sp³-hybridized carbons (Fsp3) is 0.400. The largest absolute Gasteiger partial charge is 0.432 e. The minimum absolute atomic E-state index is 0.492. The van der Waals surface area contributed by atoms with Crippen LogP contribution >= 0.6 is 12.2 Å². The van der Waals surface area contributed by atoms with Gasteiger partial charge in [-0.1, -0.05) is 0 Å². The Hall–Kier alpha value is -1.75. The minimum Gasteiger partial charge on any atom is -0.432 e. The molecule has 1 aromatic carbocycles. The Morgan fingerprint density at radius 3 is 2.30 bits per heavy atom. The van der Waals surface area contributed by atoms with E-state index >= 15 is 0 Å². The molecule has 106 valence electrons. The average Bonchev–Trinajstić information content (AvgIpc) is 2.42. The van der Waals surface area contributed by atoms with E-state index in [0.717, 1.165) is 35.5 Å². The van der Waals surface area contributed by atoms with E-state index < -0.39 is 0 Å². The molecule has 0 aliphatic carbocycles. The molecule has 20 heavy (non-hydrogen) atoms. The smallest absolute Gasteiger partial charge is 0.264 e. The maximum Gasteiger partial charge on any atom is 0.264 e. The summed E-state index contributed by atoms with van der Waals surface area (Å²) in [6.45, 7) is 9.69.